The van der Waals surface area contributed by atoms with Gasteiger partial charge in [-0.05, 0) is 43.7 Å². The number of benzene rings is 2. The summed E-state index contributed by atoms with van der Waals surface area (Å²) in [5.74, 6) is -1.08. The van der Waals surface area contributed by atoms with Crippen LogP contribution >= 0.6 is 24.0 Å². The first-order valence-electron chi connectivity index (χ1n) is 11.2. The molecule has 5 rings (SSSR count). The number of ether oxygens (including phenoxy) is 1. The van der Waals surface area contributed by atoms with Crippen LogP contribution in [0.5, 0.6) is 5.75 Å². The number of non-ortho nitro benzene ring substituents is 1. The maximum atomic E-state index is 13.8. The summed E-state index contributed by atoms with van der Waals surface area (Å²) in [5, 5.41) is 12.6. The third-order valence-electron chi connectivity index (χ3n) is 7.11. The van der Waals surface area contributed by atoms with Crippen molar-refractivity contribution < 1.29 is 24.1 Å². The van der Waals surface area contributed by atoms with Gasteiger partial charge in [-0.25, -0.2) is 4.90 Å². The lowest BCUT2D eigenvalue weighted by atomic mass is 9.90. The zero-order valence-corrected chi connectivity index (χ0v) is 21.6. The van der Waals surface area contributed by atoms with Crippen molar-refractivity contribution in [2.24, 2.45) is 5.92 Å². The van der Waals surface area contributed by atoms with Crippen LogP contribution in [0.2, 0.25) is 0 Å². The van der Waals surface area contributed by atoms with Crippen molar-refractivity contribution in [3.63, 3.8) is 0 Å². The van der Waals surface area contributed by atoms with Crippen LogP contribution < -0.4 is 9.64 Å². The van der Waals surface area contributed by atoms with Crippen LogP contribution in [0, 0.1) is 16.0 Å². The Labute approximate surface area is 217 Å². The number of nitrogens with zero attached hydrogens (tertiary/aromatic N) is 4. The van der Waals surface area contributed by atoms with E-state index in [0.717, 1.165) is 4.90 Å². The normalized spacial score (nSPS) is 27.6. The second-order valence-electron chi connectivity index (χ2n) is 9.36. The number of hydroxylamine groups is 2. The van der Waals surface area contributed by atoms with E-state index in [4.69, 9.17) is 21.8 Å². The van der Waals surface area contributed by atoms with Gasteiger partial charge in [-0.15, -0.1) is 0 Å². The minimum atomic E-state index is -1.03. The Morgan fingerprint density at radius 3 is 2.25 bits per heavy atom. The highest BCUT2D eigenvalue weighted by molar-refractivity contribution is 8.23. The summed E-state index contributed by atoms with van der Waals surface area (Å²) in [5.41, 5.74) is 0.532. The van der Waals surface area contributed by atoms with E-state index in [2.05, 4.69) is 0 Å². The summed E-state index contributed by atoms with van der Waals surface area (Å²) in [7, 11) is 3.43. The SMILES string of the molecule is COc1ccc(N2C(=O)[C@@H]3[C@@H](c4ccc([N+](=O)[O-])cc4)N([C@@H]4SC(=S)N(C)C4(C)C)O[C@H]3C2=O)cc1. The zero-order chi connectivity index (χ0) is 25.9. The lowest BCUT2D eigenvalue weighted by Gasteiger charge is -2.39. The molecule has 0 spiro atoms. The first kappa shape index (κ1) is 24.6. The summed E-state index contributed by atoms with van der Waals surface area (Å²) in [4.78, 5) is 47.4. The molecule has 2 aromatic carbocycles. The summed E-state index contributed by atoms with van der Waals surface area (Å²) in [6.07, 6.45) is -1.03. The molecule has 3 heterocycles. The Balaban J connectivity index is 1.56. The van der Waals surface area contributed by atoms with Crippen molar-refractivity contribution in [2.75, 3.05) is 19.1 Å². The van der Waals surface area contributed by atoms with E-state index in [1.165, 1.54) is 31.0 Å². The number of methoxy groups -OCH3 is 1. The van der Waals surface area contributed by atoms with Gasteiger partial charge in [-0.2, -0.15) is 5.06 Å². The fraction of sp³-hybridized carbons (Fsp3) is 0.375. The van der Waals surface area contributed by atoms with Gasteiger partial charge in [0.15, 0.2) is 6.10 Å². The Morgan fingerprint density at radius 2 is 1.72 bits per heavy atom. The second kappa shape index (κ2) is 8.80. The smallest absolute Gasteiger partial charge is 0.269 e. The summed E-state index contributed by atoms with van der Waals surface area (Å²) in [6.45, 7) is 4.03. The predicted molar refractivity (Wildman–Crippen MR) is 137 cm³/mol. The van der Waals surface area contributed by atoms with Gasteiger partial charge in [-0.3, -0.25) is 24.5 Å². The van der Waals surface area contributed by atoms with Gasteiger partial charge in [0.05, 0.1) is 35.2 Å². The molecule has 3 fully saturated rings. The highest BCUT2D eigenvalue weighted by atomic mass is 32.2. The van der Waals surface area contributed by atoms with E-state index in [1.807, 2.05) is 25.8 Å². The molecule has 3 aliphatic heterocycles. The molecule has 2 aromatic rings. The largest absolute Gasteiger partial charge is 0.497 e. The van der Waals surface area contributed by atoms with Gasteiger partial charge in [0, 0.05) is 19.2 Å². The molecule has 4 atom stereocenters. The van der Waals surface area contributed by atoms with Crippen LogP contribution in [0.15, 0.2) is 48.5 Å². The minimum absolute atomic E-state index is 0.0640. The molecule has 10 nitrogen and oxygen atoms in total. The topological polar surface area (TPSA) is 105 Å². The van der Waals surface area contributed by atoms with E-state index in [1.54, 1.807) is 41.5 Å². The maximum absolute atomic E-state index is 13.8. The Bertz CT molecular complexity index is 1250. The predicted octanol–water partition coefficient (Wildman–Crippen LogP) is 3.52. The first-order valence-corrected chi connectivity index (χ1v) is 12.5. The number of nitro benzene ring substituents is 1. The Hall–Kier alpha value is -3.06. The van der Waals surface area contributed by atoms with Crippen molar-refractivity contribution >= 4 is 51.5 Å². The third-order valence-corrected chi connectivity index (χ3v) is 9.15. The van der Waals surface area contributed by atoms with Gasteiger partial charge < -0.3 is 9.64 Å². The molecule has 36 heavy (non-hydrogen) atoms. The van der Waals surface area contributed by atoms with Crippen LogP contribution in [-0.4, -0.2) is 62.2 Å². The number of rotatable bonds is 5. The van der Waals surface area contributed by atoms with E-state index >= 15 is 0 Å². The van der Waals surface area contributed by atoms with Crippen molar-refractivity contribution in [1.29, 1.82) is 0 Å². The summed E-state index contributed by atoms with van der Waals surface area (Å²) in [6, 6.07) is 12.0. The van der Waals surface area contributed by atoms with Crippen LogP contribution in [0.1, 0.15) is 25.5 Å². The van der Waals surface area contributed by atoms with Gasteiger partial charge >= 0.3 is 0 Å². The van der Waals surface area contributed by atoms with Gasteiger partial charge in [0.2, 0.25) is 5.91 Å². The van der Waals surface area contributed by atoms with Crippen LogP contribution in [0.4, 0.5) is 11.4 Å². The number of carbonyl (C=O) groups is 2. The molecular formula is C24H24N4O6S2. The average Bonchev–Trinajstić information content (AvgIpc) is 3.43. The average molecular weight is 529 g/mol. The molecule has 0 unspecified atom stereocenters. The van der Waals surface area contributed by atoms with E-state index in [0.29, 0.717) is 21.3 Å². The first-order chi connectivity index (χ1) is 17.1. The van der Waals surface area contributed by atoms with Gasteiger partial charge in [0.25, 0.3) is 11.6 Å². The number of fused-ring (bicyclic) bond motifs is 1. The lowest BCUT2D eigenvalue weighted by Crippen LogP contribution is -2.51. The molecule has 0 bridgehead atoms. The number of thioether (sulfide) groups is 1. The molecule has 188 valence electrons. The number of thiocarbonyl (C=S) groups is 1. The molecular weight excluding hydrogens is 504 g/mol. The number of anilines is 1. The fourth-order valence-electron chi connectivity index (χ4n) is 4.85. The maximum Gasteiger partial charge on any atom is 0.269 e. The highest BCUT2D eigenvalue weighted by Crippen LogP contribution is 2.52. The van der Waals surface area contributed by atoms with Crippen LogP contribution in [-0.2, 0) is 14.4 Å². The molecule has 0 saturated carbocycles. The lowest BCUT2D eigenvalue weighted by molar-refractivity contribution is -0.384. The van der Waals surface area contributed by atoms with E-state index in [-0.39, 0.29) is 11.1 Å². The number of hydrogen-bond donors (Lipinski definition) is 0. The van der Waals surface area contributed by atoms with Crippen molar-refractivity contribution in [3.8, 4) is 5.75 Å². The molecule has 12 heteroatoms. The van der Waals surface area contributed by atoms with Crippen molar-refractivity contribution in [3.05, 3.63) is 64.2 Å². The standard InChI is InChI=1S/C24H24N4O6S2/c1-24(2)22(36-23(35)25(24)3)27-18(13-5-7-15(8-6-13)28(31)32)17-19(34-27)21(30)26(20(17)29)14-9-11-16(33-4)12-10-14/h5-12,17-19,22H,1-4H3/t17-,18-,19-,22-/m1/s1. The summed E-state index contributed by atoms with van der Waals surface area (Å²) < 4.78 is 5.86. The van der Waals surface area contributed by atoms with Gasteiger partial charge in [-0.1, -0.05) is 36.1 Å². The number of nitro groups is 1. The monoisotopic (exact) mass is 528 g/mol. The number of carbonyl (C=O) groups excluding carboxylic acids is 2. The number of imide groups is 1. The van der Waals surface area contributed by atoms with Crippen LogP contribution in [0.3, 0.4) is 0 Å². The van der Waals surface area contributed by atoms with Gasteiger partial charge in [0.1, 0.15) is 15.4 Å². The van der Waals surface area contributed by atoms with Crippen molar-refractivity contribution in [1.82, 2.24) is 9.96 Å². The number of amides is 2. The molecule has 0 aromatic heterocycles. The Morgan fingerprint density at radius 1 is 1.08 bits per heavy atom. The molecule has 0 radical (unpaired) electrons. The van der Waals surface area contributed by atoms with E-state index in [9.17, 15) is 19.7 Å². The van der Waals surface area contributed by atoms with E-state index < -0.39 is 40.3 Å². The highest BCUT2D eigenvalue weighted by Gasteiger charge is 2.63. The summed E-state index contributed by atoms with van der Waals surface area (Å²) >= 11 is 6.96. The minimum Gasteiger partial charge on any atom is -0.497 e. The molecule has 2 amide bonds. The Kier molecular flexibility index (Phi) is 6.02. The molecule has 0 N–H and O–H groups in total. The third kappa shape index (κ3) is 3.67. The van der Waals surface area contributed by atoms with Crippen molar-refractivity contribution in [2.45, 2.75) is 36.9 Å². The quantitative estimate of drug-likeness (QED) is 0.248. The zero-order valence-electron chi connectivity index (χ0n) is 20.0. The second-order valence-corrected chi connectivity index (χ2v) is 11.1. The number of hydrogen-bond acceptors (Lipinski definition) is 9. The molecule has 0 aliphatic carbocycles. The molecule has 3 aliphatic rings. The fourth-order valence-corrected chi connectivity index (χ4v) is 6.68. The number of likely N-dealkylation sites (N-methyl/N-ethyl adjacent to an activating group) is 1. The van der Waals surface area contributed by atoms with Crippen LogP contribution in [0.25, 0.3) is 0 Å². The molecule has 3 saturated heterocycles.